The minimum atomic E-state index is -0.657. The molecular weight excluding hydrogens is 356 g/mol. The molecule has 4 N–H and O–H groups in total. The predicted octanol–water partition coefficient (Wildman–Crippen LogP) is 1.57. The Morgan fingerprint density at radius 3 is 2.89 bits per heavy atom. The lowest BCUT2D eigenvalue weighted by Gasteiger charge is -2.50. The highest BCUT2D eigenvalue weighted by Gasteiger charge is 2.52. The first-order valence-electron chi connectivity index (χ1n) is 10.8. The van der Waals surface area contributed by atoms with Crippen molar-refractivity contribution in [3.63, 3.8) is 0 Å². The first-order chi connectivity index (χ1) is 13.5. The maximum atomic E-state index is 12.5. The molecule has 2 aliphatic rings. The number of aromatic hydroxyl groups is 1. The summed E-state index contributed by atoms with van der Waals surface area (Å²) in [5.41, 5.74) is 0.375. The molecule has 2 fully saturated rings. The highest BCUT2D eigenvalue weighted by atomic mass is 16.5. The summed E-state index contributed by atoms with van der Waals surface area (Å²) in [6.45, 7) is 6.28. The van der Waals surface area contributed by atoms with Gasteiger partial charge in [-0.2, -0.15) is 0 Å². The normalized spacial score (nSPS) is 29.8. The third kappa shape index (κ3) is 4.44. The van der Waals surface area contributed by atoms with Crippen LogP contribution in [0.15, 0.2) is 18.2 Å². The van der Waals surface area contributed by atoms with E-state index in [2.05, 4.69) is 5.32 Å². The van der Waals surface area contributed by atoms with Crippen LogP contribution in [0.4, 0.5) is 0 Å². The van der Waals surface area contributed by atoms with E-state index in [1.54, 1.807) is 6.07 Å². The van der Waals surface area contributed by atoms with Gasteiger partial charge in [0.15, 0.2) is 18.0 Å². The number of carbonyl (C=O) groups excluding carboxylic acids is 1. The average molecular weight is 392 g/mol. The summed E-state index contributed by atoms with van der Waals surface area (Å²) in [6.07, 6.45) is 5.62. The summed E-state index contributed by atoms with van der Waals surface area (Å²) >= 11 is 0. The number of hydrogen-bond donors (Lipinski definition) is 4. The van der Waals surface area contributed by atoms with Crippen LogP contribution in [0.2, 0.25) is 0 Å². The first kappa shape index (κ1) is 20.9. The Bertz CT molecular complexity index is 681. The van der Waals surface area contributed by atoms with Crippen LogP contribution in [-0.2, 0) is 4.79 Å². The molecule has 1 saturated heterocycles. The zero-order valence-electron chi connectivity index (χ0n) is 17.2. The molecule has 1 aromatic rings. The Morgan fingerprint density at radius 2 is 2.14 bits per heavy atom. The molecule has 1 amide bonds. The molecule has 1 saturated carbocycles. The number of likely N-dealkylation sites (tertiary alicyclic amines) is 1. The molecular formula is C22H35N2O4+. The molecule has 1 aliphatic carbocycles. The van der Waals surface area contributed by atoms with Gasteiger partial charge in [0.05, 0.1) is 18.8 Å². The van der Waals surface area contributed by atoms with Crippen molar-refractivity contribution in [2.75, 3.05) is 26.2 Å². The van der Waals surface area contributed by atoms with Crippen molar-refractivity contribution < 1.29 is 24.6 Å². The molecule has 4 atom stereocenters. The Morgan fingerprint density at radius 1 is 1.32 bits per heavy atom. The van der Waals surface area contributed by atoms with Gasteiger partial charge in [0.2, 0.25) is 0 Å². The van der Waals surface area contributed by atoms with E-state index in [9.17, 15) is 15.0 Å². The van der Waals surface area contributed by atoms with E-state index in [1.165, 1.54) is 4.90 Å². The lowest BCUT2D eigenvalue weighted by Crippen LogP contribution is -3.16. The molecule has 0 radical (unpaired) electrons. The third-order valence-corrected chi connectivity index (χ3v) is 6.39. The van der Waals surface area contributed by atoms with Gasteiger partial charge < -0.3 is 25.2 Å². The minimum absolute atomic E-state index is 0.0197. The largest absolute Gasteiger partial charge is 0.504 e. The second-order valence-corrected chi connectivity index (χ2v) is 8.28. The van der Waals surface area contributed by atoms with Gasteiger partial charge in [-0.3, -0.25) is 4.79 Å². The number of benzene rings is 1. The molecule has 1 unspecified atom stereocenters. The molecule has 6 nitrogen and oxygen atoms in total. The molecule has 28 heavy (non-hydrogen) atoms. The van der Waals surface area contributed by atoms with Crippen molar-refractivity contribution in [1.29, 1.82) is 0 Å². The van der Waals surface area contributed by atoms with Crippen LogP contribution in [0.3, 0.4) is 0 Å². The zero-order chi connectivity index (χ0) is 20.1. The zero-order valence-corrected chi connectivity index (χ0v) is 17.2. The predicted molar refractivity (Wildman–Crippen MR) is 108 cm³/mol. The quantitative estimate of drug-likeness (QED) is 0.569. The summed E-state index contributed by atoms with van der Waals surface area (Å²) in [7, 11) is 0. The number of aliphatic hydroxyl groups is 1. The summed E-state index contributed by atoms with van der Waals surface area (Å²) < 4.78 is 5.60. The van der Waals surface area contributed by atoms with Crippen molar-refractivity contribution in [2.24, 2.45) is 5.92 Å². The average Bonchev–Trinajstić information content (AvgIpc) is 2.68. The van der Waals surface area contributed by atoms with Crippen LogP contribution in [0.25, 0.3) is 0 Å². The maximum absolute atomic E-state index is 12.5. The molecule has 0 spiro atoms. The monoisotopic (exact) mass is 391 g/mol. The number of rotatable bonds is 7. The number of phenolic OH excluding ortho intramolecular Hbond substituents is 1. The van der Waals surface area contributed by atoms with Crippen LogP contribution in [0.5, 0.6) is 11.5 Å². The molecule has 1 aromatic carbocycles. The van der Waals surface area contributed by atoms with E-state index in [0.717, 1.165) is 50.6 Å². The van der Waals surface area contributed by atoms with Crippen molar-refractivity contribution in [3.8, 4) is 11.5 Å². The Labute approximate surface area is 167 Å². The topological polar surface area (TPSA) is 83.2 Å². The van der Waals surface area contributed by atoms with Gasteiger partial charge >= 0.3 is 0 Å². The molecule has 0 bridgehead atoms. The van der Waals surface area contributed by atoms with Gasteiger partial charge in [-0.15, -0.1) is 0 Å². The van der Waals surface area contributed by atoms with E-state index < -0.39 is 5.60 Å². The first-order valence-corrected chi connectivity index (χ1v) is 10.8. The highest BCUT2D eigenvalue weighted by Crippen LogP contribution is 2.45. The smallest absolute Gasteiger partial charge is 0.275 e. The van der Waals surface area contributed by atoms with Gasteiger partial charge in [0.1, 0.15) is 6.04 Å². The van der Waals surface area contributed by atoms with Crippen molar-refractivity contribution in [3.05, 3.63) is 23.8 Å². The lowest BCUT2D eigenvalue weighted by molar-refractivity contribution is -0.937. The van der Waals surface area contributed by atoms with Crippen LogP contribution >= 0.6 is 0 Å². The Hall–Kier alpha value is -1.79. The van der Waals surface area contributed by atoms with E-state index in [-0.39, 0.29) is 23.6 Å². The summed E-state index contributed by atoms with van der Waals surface area (Å²) in [4.78, 5) is 13.6. The highest BCUT2D eigenvalue weighted by molar-refractivity contribution is 5.76. The number of phenols is 1. The van der Waals surface area contributed by atoms with E-state index in [0.29, 0.717) is 25.4 Å². The lowest BCUT2D eigenvalue weighted by atomic mass is 9.66. The SMILES string of the molecule is CCCNC(=O)C[NH+]1CC[C@@]2(O)CCCC[C@H]2[C@@H]1c1ccc(O)c(OCC)c1. The number of fused-ring (bicyclic) bond motifs is 1. The fourth-order valence-corrected chi connectivity index (χ4v) is 5.05. The van der Waals surface area contributed by atoms with Crippen LogP contribution in [-0.4, -0.2) is 48.0 Å². The summed E-state index contributed by atoms with van der Waals surface area (Å²) in [6, 6.07) is 5.51. The van der Waals surface area contributed by atoms with Gasteiger partial charge in [-0.05, 0) is 44.4 Å². The number of hydrogen-bond acceptors (Lipinski definition) is 4. The van der Waals surface area contributed by atoms with Crippen LogP contribution < -0.4 is 15.0 Å². The van der Waals surface area contributed by atoms with Crippen LogP contribution in [0, 0.1) is 5.92 Å². The van der Waals surface area contributed by atoms with Gasteiger partial charge in [0.25, 0.3) is 5.91 Å². The Balaban J connectivity index is 1.91. The number of amides is 1. The van der Waals surface area contributed by atoms with Gasteiger partial charge in [-0.1, -0.05) is 19.8 Å². The third-order valence-electron chi connectivity index (χ3n) is 6.39. The molecule has 1 heterocycles. The van der Waals surface area contributed by atoms with Crippen LogP contribution in [0.1, 0.15) is 64.0 Å². The molecule has 156 valence electrons. The standard InChI is InChI=1S/C22H34N2O4/c1-3-12-23-20(26)15-24-13-11-22(27)10-6-5-7-17(22)21(24)16-8-9-18(25)19(14-16)28-4-2/h8-9,14,17,21,25,27H,3-7,10-13,15H2,1-2H3,(H,23,26)/p+1/t17-,21-,22-/m0/s1. The summed E-state index contributed by atoms with van der Waals surface area (Å²) in [5.74, 6) is 0.775. The maximum Gasteiger partial charge on any atom is 0.275 e. The van der Waals surface area contributed by atoms with E-state index in [1.807, 2.05) is 26.0 Å². The van der Waals surface area contributed by atoms with Crippen molar-refractivity contribution >= 4 is 5.91 Å². The Kier molecular flexibility index (Phi) is 6.83. The molecule has 1 aliphatic heterocycles. The fourth-order valence-electron chi connectivity index (χ4n) is 5.05. The second kappa shape index (κ2) is 9.14. The van der Waals surface area contributed by atoms with E-state index >= 15 is 0 Å². The minimum Gasteiger partial charge on any atom is -0.504 e. The number of nitrogens with one attached hydrogen (secondary N) is 2. The van der Waals surface area contributed by atoms with Crippen molar-refractivity contribution in [2.45, 2.75) is 64.0 Å². The molecule has 0 aromatic heterocycles. The number of ether oxygens (including phenoxy) is 1. The molecule has 6 heteroatoms. The van der Waals surface area contributed by atoms with Gasteiger partial charge in [0, 0.05) is 24.4 Å². The summed E-state index contributed by atoms with van der Waals surface area (Å²) in [5, 5.41) is 24.4. The molecule has 3 rings (SSSR count). The number of piperidine rings is 1. The fraction of sp³-hybridized carbons (Fsp3) is 0.682. The van der Waals surface area contributed by atoms with Gasteiger partial charge in [-0.25, -0.2) is 0 Å². The second-order valence-electron chi connectivity index (χ2n) is 8.28. The number of quaternary nitrogens is 1. The van der Waals surface area contributed by atoms with E-state index in [4.69, 9.17) is 4.74 Å². The van der Waals surface area contributed by atoms with Crippen molar-refractivity contribution in [1.82, 2.24) is 5.32 Å². The number of carbonyl (C=O) groups is 1.